The predicted molar refractivity (Wildman–Crippen MR) is 77.1 cm³/mol. The van der Waals surface area contributed by atoms with Gasteiger partial charge in [-0.05, 0) is 0 Å². The third kappa shape index (κ3) is 11.6. The van der Waals surface area contributed by atoms with E-state index in [0.29, 0.717) is 8.47 Å². The van der Waals surface area contributed by atoms with Gasteiger partial charge in [0.25, 0.3) is 0 Å². The smallest absolute Gasteiger partial charge is 0.191 e. The average molecular weight is 352 g/mol. The fraction of sp³-hybridized carbons (Fsp3) is 0. The molecule has 89 valence electrons. The normalized spacial score (nSPS) is 6.12. The Labute approximate surface area is 132 Å². The van der Waals surface area contributed by atoms with Crippen molar-refractivity contribution >= 4 is 50.5 Å². The van der Waals surface area contributed by atoms with Gasteiger partial charge >= 0.3 is 25.5 Å². The number of nitrogens with zero attached hydrogens (tertiary/aromatic N) is 4. The first kappa shape index (κ1) is 21.6. The molecule has 0 amide bonds. The summed E-state index contributed by atoms with van der Waals surface area (Å²) in [6.45, 7) is 0. The molecular formula is C8H8CuN4S4+6. The van der Waals surface area contributed by atoms with Gasteiger partial charge in [-0.15, -0.1) is 0 Å². The molecule has 0 spiro atoms. The Morgan fingerprint density at radius 2 is 0.765 bits per heavy atom. The van der Waals surface area contributed by atoms with Crippen molar-refractivity contribution < 1.29 is 17.1 Å². The predicted octanol–water partition coefficient (Wildman–Crippen LogP) is -1.47. The summed E-state index contributed by atoms with van der Waals surface area (Å²) in [7, 11) is 0. The van der Waals surface area contributed by atoms with E-state index in [1.54, 1.807) is 24.3 Å². The molecule has 0 atom stereocenters. The molecule has 0 aromatic carbocycles. The molecule has 0 aliphatic rings. The van der Waals surface area contributed by atoms with E-state index >= 15 is 0 Å². The monoisotopic (exact) mass is 351 g/mol. The van der Waals surface area contributed by atoms with Crippen LogP contribution in [-0.4, -0.2) is 0 Å². The molecule has 1 radical (unpaired) electrons. The van der Waals surface area contributed by atoms with Crippen molar-refractivity contribution in [1.29, 1.82) is 21.0 Å². The van der Waals surface area contributed by atoms with E-state index in [9.17, 15) is 0 Å². The number of allylic oxidation sites excluding steroid dienone is 2. The van der Waals surface area contributed by atoms with Gasteiger partial charge in [0.1, 0.15) is 24.3 Å². The van der Waals surface area contributed by atoms with Crippen molar-refractivity contribution in [3.8, 4) is 24.3 Å². The van der Waals surface area contributed by atoms with Crippen molar-refractivity contribution in [1.82, 2.24) is 0 Å². The maximum atomic E-state index is 8.10. The molecular weight excluding hydrogens is 344 g/mol. The summed E-state index contributed by atoms with van der Waals surface area (Å²) in [6.07, 6.45) is 0. The maximum Gasteiger partial charge on any atom is 2.00 e. The zero-order valence-corrected chi connectivity index (χ0v) is 13.0. The molecule has 0 saturated heterocycles. The van der Waals surface area contributed by atoms with Gasteiger partial charge in [-0.3, -0.25) is 0 Å². The van der Waals surface area contributed by atoms with Crippen molar-refractivity contribution in [3.05, 3.63) is 19.6 Å². The minimum absolute atomic E-state index is 0. The molecule has 17 heavy (non-hydrogen) atoms. The molecule has 0 rings (SSSR count). The fourth-order valence-electron chi connectivity index (χ4n) is 0.274. The van der Waals surface area contributed by atoms with Gasteiger partial charge in [0.15, 0.2) is 0 Å². The van der Waals surface area contributed by atoms with E-state index < -0.39 is 0 Å². The average Bonchev–Trinajstić information content (AvgIpc) is 2.21. The topological polar surface area (TPSA) is 95.2 Å². The Bertz CT molecular complexity index is 398. The van der Waals surface area contributed by atoms with E-state index in [1.165, 1.54) is 0 Å². The van der Waals surface area contributed by atoms with Crippen LogP contribution in [0.15, 0.2) is 19.6 Å². The van der Waals surface area contributed by atoms with E-state index in [1.807, 2.05) is 0 Å². The van der Waals surface area contributed by atoms with Gasteiger partial charge in [0, 0.05) is 50.5 Å². The van der Waals surface area contributed by atoms with Crippen LogP contribution in [0.2, 0.25) is 0 Å². The Hall–Kier alpha value is -0.641. The zero-order chi connectivity index (χ0) is 13.1. The zero-order valence-electron chi connectivity index (χ0n) is 8.09. The molecule has 0 aliphatic carbocycles. The minimum atomic E-state index is 0. The van der Waals surface area contributed by atoms with Crippen LogP contribution in [0.3, 0.4) is 0 Å². The molecule has 0 N–H and O–H groups in total. The third-order valence-corrected chi connectivity index (χ3v) is 1.95. The van der Waals surface area contributed by atoms with Gasteiger partial charge < -0.3 is 0 Å². The van der Waals surface area contributed by atoms with Crippen molar-refractivity contribution in [2.45, 2.75) is 0 Å². The van der Waals surface area contributed by atoms with Crippen LogP contribution in [0, 0.1) is 45.3 Å². The summed E-state index contributed by atoms with van der Waals surface area (Å²) in [5.74, 6) is 0. The summed E-state index contributed by atoms with van der Waals surface area (Å²) in [4.78, 5) is 0. The van der Waals surface area contributed by atoms with Crippen molar-refractivity contribution in [2.75, 3.05) is 0 Å². The maximum absolute atomic E-state index is 8.10. The van der Waals surface area contributed by atoms with Gasteiger partial charge in [-0.1, -0.05) is 0 Å². The van der Waals surface area contributed by atoms with Crippen LogP contribution >= 0.6 is 0 Å². The number of nitriles is 4. The molecule has 0 aliphatic heterocycles. The first-order chi connectivity index (χ1) is 7.44. The number of rotatable bonds is 0. The van der Waals surface area contributed by atoms with Gasteiger partial charge in [0.2, 0.25) is 11.1 Å². The fourth-order valence-corrected chi connectivity index (χ4v) is 0.721. The molecule has 0 bridgehead atoms. The van der Waals surface area contributed by atoms with Crippen LogP contribution < -0.4 is 0 Å². The summed E-state index contributed by atoms with van der Waals surface area (Å²) < 4.78 is 0.769. The molecule has 0 aromatic rings. The SMILES string of the molecule is N#CC(C#N)=C([SH2+])[SH2+].N#CC(C#N)=C([SH2+])[SH2+].[Cu+2]. The Balaban J connectivity index is -0.000000218. The van der Waals surface area contributed by atoms with E-state index in [-0.39, 0.29) is 28.2 Å². The molecule has 0 fully saturated rings. The van der Waals surface area contributed by atoms with E-state index in [0.717, 1.165) is 0 Å². The second-order valence-electron chi connectivity index (χ2n) is 1.95. The summed E-state index contributed by atoms with van der Waals surface area (Å²) >= 11 is 11.8. The van der Waals surface area contributed by atoms with Crippen LogP contribution in [0.25, 0.3) is 0 Å². The van der Waals surface area contributed by atoms with Crippen molar-refractivity contribution in [3.63, 3.8) is 0 Å². The number of hydrogen-bond acceptors (Lipinski definition) is 4. The standard InChI is InChI=1S/2C4H2N2S2.Cu/c2*5-1-3(2-6)4(7)8;/h2*7-8H;/q;;+2/p+4. The molecule has 9 heteroatoms. The second-order valence-corrected chi connectivity index (χ2v) is 4.95. The first-order valence-corrected chi connectivity index (χ1v) is 5.39. The molecule has 0 aromatic heterocycles. The van der Waals surface area contributed by atoms with E-state index in [4.69, 9.17) is 21.0 Å². The van der Waals surface area contributed by atoms with Crippen LogP contribution in [-0.2, 0) is 67.6 Å². The Kier molecular flexibility index (Phi) is 17.1. The molecule has 0 unspecified atom stereocenters. The molecule has 0 saturated carbocycles. The van der Waals surface area contributed by atoms with E-state index in [2.05, 4.69) is 50.5 Å². The van der Waals surface area contributed by atoms with Gasteiger partial charge in [-0.25, -0.2) is 0 Å². The summed E-state index contributed by atoms with van der Waals surface area (Å²) in [5, 5.41) is 32.4. The van der Waals surface area contributed by atoms with Crippen LogP contribution in [0.4, 0.5) is 0 Å². The minimum Gasteiger partial charge on any atom is -0.191 e. The second kappa shape index (κ2) is 13.4. The Morgan fingerprint density at radius 1 is 0.588 bits per heavy atom. The number of hydrogen-bond donors (Lipinski definition) is 0. The van der Waals surface area contributed by atoms with Gasteiger partial charge in [-0.2, -0.15) is 21.0 Å². The summed E-state index contributed by atoms with van der Waals surface area (Å²) in [5.41, 5.74) is 0.0802. The Morgan fingerprint density at radius 3 is 0.765 bits per heavy atom. The molecule has 0 heterocycles. The quantitative estimate of drug-likeness (QED) is 0.302. The van der Waals surface area contributed by atoms with Crippen LogP contribution in [0.1, 0.15) is 0 Å². The largest absolute Gasteiger partial charge is 2.00 e. The molecule has 4 nitrogen and oxygen atoms in total. The van der Waals surface area contributed by atoms with Gasteiger partial charge in [0.05, 0.1) is 0 Å². The third-order valence-electron chi connectivity index (χ3n) is 0.947. The first-order valence-electron chi connectivity index (χ1n) is 3.39. The van der Waals surface area contributed by atoms with Crippen LogP contribution in [0.5, 0.6) is 0 Å². The van der Waals surface area contributed by atoms with Crippen molar-refractivity contribution in [2.24, 2.45) is 0 Å². The summed E-state index contributed by atoms with van der Waals surface area (Å²) in [6, 6.07) is 6.69.